The summed E-state index contributed by atoms with van der Waals surface area (Å²) < 4.78 is 0. The molecule has 7 heteroatoms. The molecule has 1 aromatic heterocycles. The number of nitrogens with one attached hydrogen (secondary N) is 2. The smallest absolute Gasteiger partial charge is 0.272 e. The summed E-state index contributed by atoms with van der Waals surface area (Å²) in [6.07, 6.45) is 3.53. The number of aromatic nitrogens is 2. The van der Waals surface area contributed by atoms with Gasteiger partial charge in [0.2, 0.25) is 11.9 Å². The zero-order valence-electron chi connectivity index (χ0n) is 14.7. The van der Waals surface area contributed by atoms with Crippen molar-refractivity contribution < 1.29 is 9.59 Å². The topological polar surface area (TPSA) is 87.2 Å². The van der Waals surface area contributed by atoms with Gasteiger partial charge in [-0.2, -0.15) is 0 Å². The van der Waals surface area contributed by atoms with E-state index in [1.54, 1.807) is 42.4 Å². The molecule has 2 amide bonds. The van der Waals surface area contributed by atoms with Gasteiger partial charge >= 0.3 is 0 Å². The first-order chi connectivity index (χ1) is 12.0. The maximum atomic E-state index is 12.4. The number of amides is 2. The van der Waals surface area contributed by atoms with Gasteiger partial charge in [-0.05, 0) is 30.7 Å². The quantitative estimate of drug-likeness (QED) is 0.808. The monoisotopic (exact) mass is 341 g/mol. The van der Waals surface area contributed by atoms with E-state index in [0.29, 0.717) is 23.9 Å². The predicted octanol–water partition coefficient (Wildman–Crippen LogP) is 3.05. The van der Waals surface area contributed by atoms with Gasteiger partial charge in [0.05, 0.1) is 0 Å². The van der Waals surface area contributed by atoms with Crippen LogP contribution in [0.4, 0.5) is 17.3 Å². The lowest BCUT2D eigenvalue weighted by atomic mass is 10.2. The molecule has 132 valence electrons. The largest absolute Gasteiger partial charge is 0.340 e. The average Bonchev–Trinajstić information content (AvgIpc) is 2.59. The van der Waals surface area contributed by atoms with Crippen molar-refractivity contribution in [3.63, 3.8) is 0 Å². The summed E-state index contributed by atoms with van der Waals surface area (Å²) in [5.41, 5.74) is 1.73. The molecule has 0 radical (unpaired) electrons. The second-order valence-electron chi connectivity index (χ2n) is 5.73. The lowest BCUT2D eigenvalue weighted by Gasteiger charge is -2.16. The Hall–Kier alpha value is -2.96. The van der Waals surface area contributed by atoms with Crippen LogP contribution >= 0.6 is 0 Å². The molecule has 7 nitrogen and oxygen atoms in total. The van der Waals surface area contributed by atoms with E-state index in [1.807, 2.05) is 6.07 Å². The summed E-state index contributed by atoms with van der Waals surface area (Å²) in [4.78, 5) is 33.6. The highest BCUT2D eigenvalue weighted by Gasteiger charge is 2.13. The van der Waals surface area contributed by atoms with E-state index in [-0.39, 0.29) is 11.8 Å². The molecule has 2 aromatic rings. The van der Waals surface area contributed by atoms with Crippen LogP contribution in [0.15, 0.2) is 36.5 Å². The summed E-state index contributed by atoms with van der Waals surface area (Å²) in [6, 6.07) is 8.80. The van der Waals surface area contributed by atoms with Crippen molar-refractivity contribution in [3.8, 4) is 0 Å². The van der Waals surface area contributed by atoms with Gasteiger partial charge in [-0.25, -0.2) is 9.97 Å². The number of unbranched alkanes of at least 4 members (excludes halogenated alkanes) is 1. The Labute approximate surface area is 147 Å². The van der Waals surface area contributed by atoms with Gasteiger partial charge in [-0.1, -0.05) is 19.4 Å². The third-order valence-electron chi connectivity index (χ3n) is 3.51. The van der Waals surface area contributed by atoms with E-state index < -0.39 is 0 Å². The minimum Gasteiger partial charge on any atom is -0.340 e. The van der Waals surface area contributed by atoms with Crippen molar-refractivity contribution in [1.29, 1.82) is 0 Å². The highest BCUT2D eigenvalue weighted by Crippen LogP contribution is 2.18. The molecule has 0 spiro atoms. The lowest BCUT2D eigenvalue weighted by molar-refractivity contribution is -0.114. The lowest BCUT2D eigenvalue weighted by Crippen LogP contribution is -2.28. The third kappa shape index (κ3) is 5.56. The minimum absolute atomic E-state index is 0.133. The molecule has 2 N–H and O–H groups in total. The second-order valence-corrected chi connectivity index (χ2v) is 5.73. The normalized spacial score (nSPS) is 10.2. The highest BCUT2D eigenvalue weighted by molar-refractivity contribution is 5.92. The number of hydrogen-bond donors (Lipinski definition) is 2. The van der Waals surface area contributed by atoms with Crippen LogP contribution in [-0.4, -0.2) is 40.3 Å². The van der Waals surface area contributed by atoms with E-state index in [9.17, 15) is 9.59 Å². The van der Waals surface area contributed by atoms with Crippen LogP contribution in [0.25, 0.3) is 0 Å². The number of hydrogen-bond acceptors (Lipinski definition) is 5. The van der Waals surface area contributed by atoms with Crippen molar-refractivity contribution in [3.05, 3.63) is 42.2 Å². The fraction of sp³-hybridized carbons (Fsp3) is 0.333. The van der Waals surface area contributed by atoms with Crippen LogP contribution in [0.3, 0.4) is 0 Å². The molecule has 2 rings (SSSR count). The van der Waals surface area contributed by atoms with Crippen LogP contribution in [0.2, 0.25) is 0 Å². The van der Waals surface area contributed by atoms with Crippen molar-refractivity contribution in [2.75, 3.05) is 24.2 Å². The summed E-state index contributed by atoms with van der Waals surface area (Å²) in [6.45, 7) is 4.23. The Balaban J connectivity index is 2.11. The third-order valence-corrected chi connectivity index (χ3v) is 3.51. The van der Waals surface area contributed by atoms with Gasteiger partial charge in [0.1, 0.15) is 5.69 Å². The zero-order chi connectivity index (χ0) is 18.2. The summed E-state index contributed by atoms with van der Waals surface area (Å²) in [5.74, 6) is 0.0525. The van der Waals surface area contributed by atoms with Crippen molar-refractivity contribution >= 4 is 29.1 Å². The summed E-state index contributed by atoms with van der Waals surface area (Å²) in [5, 5.41) is 5.77. The molecule has 1 aromatic carbocycles. The van der Waals surface area contributed by atoms with E-state index in [4.69, 9.17) is 0 Å². The molecular weight excluding hydrogens is 318 g/mol. The van der Waals surface area contributed by atoms with Crippen LogP contribution in [-0.2, 0) is 4.79 Å². The maximum absolute atomic E-state index is 12.4. The molecule has 0 saturated heterocycles. The molecule has 0 aliphatic heterocycles. The van der Waals surface area contributed by atoms with E-state index >= 15 is 0 Å². The van der Waals surface area contributed by atoms with Gasteiger partial charge in [-0.3, -0.25) is 9.59 Å². The van der Waals surface area contributed by atoms with E-state index in [0.717, 1.165) is 18.5 Å². The number of nitrogens with zero attached hydrogens (tertiary/aromatic N) is 3. The Bertz CT molecular complexity index is 748. The molecule has 0 atom stereocenters. The Morgan fingerprint density at radius 1 is 1.20 bits per heavy atom. The van der Waals surface area contributed by atoms with Gasteiger partial charge in [-0.15, -0.1) is 0 Å². The second kappa shape index (κ2) is 8.77. The molecular formula is C18H23N5O2. The fourth-order valence-electron chi connectivity index (χ4n) is 2.24. The first-order valence-corrected chi connectivity index (χ1v) is 8.22. The number of carbonyl (C=O) groups is 2. The molecule has 25 heavy (non-hydrogen) atoms. The average molecular weight is 341 g/mol. The summed E-state index contributed by atoms with van der Waals surface area (Å²) >= 11 is 0. The number of rotatable bonds is 7. The van der Waals surface area contributed by atoms with E-state index in [2.05, 4.69) is 27.5 Å². The maximum Gasteiger partial charge on any atom is 0.272 e. The molecule has 0 aliphatic rings. The van der Waals surface area contributed by atoms with Crippen LogP contribution in [0.1, 0.15) is 37.2 Å². The van der Waals surface area contributed by atoms with Gasteiger partial charge in [0.15, 0.2) is 0 Å². The predicted molar refractivity (Wildman–Crippen MR) is 97.9 cm³/mol. The number of carbonyl (C=O) groups excluding carboxylic acids is 2. The SMILES string of the molecule is CCCCN(C)C(=O)c1ccnc(Nc2cccc(NC(C)=O)c2)n1. The van der Waals surface area contributed by atoms with Crippen molar-refractivity contribution in [2.24, 2.45) is 0 Å². The summed E-state index contributed by atoms with van der Waals surface area (Å²) in [7, 11) is 1.77. The Morgan fingerprint density at radius 2 is 1.96 bits per heavy atom. The van der Waals surface area contributed by atoms with Gasteiger partial charge in [0, 0.05) is 38.1 Å². The molecule has 0 unspecified atom stereocenters. The molecule has 0 fully saturated rings. The Kier molecular flexibility index (Phi) is 6.45. The Morgan fingerprint density at radius 3 is 2.68 bits per heavy atom. The highest BCUT2D eigenvalue weighted by atomic mass is 16.2. The van der Waals surface area contributed by atoms with E-state index in [1.165, 1.54) is 6.92 Å². The van der Waals surface area contributed by atoms with Gasteiger partial charge in [0.25, 0.3) is 5.91 Å². The van der Waals surface area contributed by atoms with Crippen LogP contribution in [0.5, 0.6) is 0 Å². The molecule has 0 saturated carbocycles. The van der Waals surface area contributed by atoms with Crippen LogP contribution in [0, 0.1) is 0 Å². The zero-order valence-corrected chi connectivity index (χ0v) is 14.7. The van der Waals surface area contributed by atoms with Crippen molar-refractivity contribution in [1.82, 2.24) is 14.9 Å². The minimum atomic E-state index is -0.142. The standard InChI is InChI=1S/C18H23N5O2/c1-4-5-11-23(3)17(25)16-9-10-19-18(22-16)21-15-8-6-7-14(12-15)20-13(2)24/h6-10,12H,4-5,11H2,1-3H3,(H,20,24)(H,19,21,22). The van der Waals surface area contributed by atoms with Crippen molar-refractivity contribution in [2.45, 2.75) is 26.7 Å². The molecule has 0 aliphatic carbocycles. The van der Waals surface area contributed by atoms with Crippen LogP contribution < -0.4 is 10.6 Å². The first-order valence-electron chi connectivity index (χ1n) is 8.22. The van der Waals surface area contributed by atoms with Gasteiger partial charge < -0.3 is 15.5 Å². The number of benzene rings is 1. The number of anilines is 3. The molecule has 1 heterocycles. The first kappa shape index (κ1) is 18.4. The molecule has 0 bridgehead atoms. The fourth-order valence-corrected chi connectivity index (χ4v) is 2.24.